The van der Waals surface area contributed by atoms with Gasteiger partial charge in [-0.3, -0.25) is 4.90 Å². The van der Waals surface area contributed by atoms with E-state index < -0.39 is 5.41 Å². The molecule has 0 bridgehead atoms. The van der Waals surface area contributed by atoms with Crippen LogP contribution in [0, 0.1) is 5.92 Å². The number of hydrogen-bond acceptors (Lipinski definition) is 3. The summed E-state index contributed by atoms with van der Waals surface area (Å²) in [5.41, 5.74) is 0.747. The third-order valence-corrected chi connectivity index (χ3v) is 5.94. The van der Waals surface area contributed by atoms with Crippen LogP contribution in [0.15, 0.2) is 42.5 Å². The zero-order chi connectivity index (χ0) is 17.7. The van der Waals surface area contributed by atoms with Gasteiger partial charge in [0.15, 0.2) is 0 Å². The molecule has 134 valence electrons. The fourth-order valence-corrected chi connectivity index (χ4v) is 4.05. The number of aldehydes is 1. The maximum Gasteiger partial charge on any atom is 0.130 e. The Labute approximate surface area is 151 Å². The second-order valence-electron chi connectivity index (χ2n) is 7.20. The molecular weight excluding hydrogens is 310 g/mol. The Kier molecular flexibility index (Phi) is 5.87. The molecule has 25 heavy (non-hydrogen) atoms. The molecule has 1 fully saturated rings. The van der Waals surface area contributed by atoms with E-state index in [9.17, 15) is 4.79 Å². The molecule has 2 aromatic rings. The van der Waals surface area contributed by atoms with Crippen LogP contribution in [-0.2, 0) is 14.9 Å². The van der Waals surface area contributed by atoms with Gasteiger partial charge in [0.25, 0.3) is 0 Å². The first-order valence-electron chi connectivity index (χ1n) is 9.46. The van der Waals surface area contributed by atoms with Gasteiger partial charge in [-0.25, -0.2) is 0 Å². The first-order valence-corrected chi connectivity index (χ1v) is 9.46. The van der Waals surface area contributed by atoms with E-state index in [4.69, 9.17) is 4.74 Å². The molecule has 0 N–H and O–H groups in total. The van der Waals surface area contributed by atoms with E-state index in [1.807, 2.05) is 0 Å². The van der Waals surface area contributed by atoms with E-state index in [0.717, 1.165) is 45.7 Å². The zero-order valence-corrected chi connectivity index (χ0v) is 15.4. The average molecular weight is 339 g/mol. The van der Waals surface area contributed by atoms with Gasteiger partial charge >= 0.3 is 0 Å². The second-order valence-corrected chi connectivity index (χ2v) is 7.20. The number of rotatable bonds is 7. The van der Waals surface area contributed by atoms with Crippen molar-refractivity contribution < 1.29 is 9.53 Å². The van der Waals surface area contributed by atoms with Crippen molar-refractivity contribution in [2.24, 2.45) is 5.92 Å². The van der Waals surface area contributed by atoms with E-state index in [-0.39, 0.29) is 0 Å². The molecule has 2 aromatic carbocycles. The fourth-order valence-electron chi connectivity index (χ4n) is 4.05. The Bertz CT molecular complexity index is 703. The lowest BCUT2D eigenvalue weighted by Crippen LogP contribution is -2.43. The van der Waals surface area contributed by atoms with Crippen molar-refractivity contribution in [1.29, 1.82) is 0 Å². The fraction of sp³-hybridized carbons (Fsp3) is 0.500. The zero-order valence-electron chi connectivity index (χ0n) is 15.4. The van der Waals surface area contributed by atoms with Crippen LogP contribution in [0.1, 0.15) is 32.3 Å². The smallest absolute Gasteiger partial charge is 0.130 e. The molecule has 0 aliphatic carbocycles. The normalized spacial score (nSPS) is 19.4. The summed E-state index contributed by atoms with van der Waals surface area (Å²) in [6.45, 7) is 8.86. The molecule has 0 saturated carbocycles. The third-order valence-electron chi connectivity index (χ3n) is 5.94. The lowest BCUT2D eigenvalue weighted by atomic mass is 9.67. The van der Waals surface area contributed by atoms with Crippen LogP contribution in [-0.4, -0.2) is 44.0 Å². The number of carbonyl (C=O) groups is 1. The predicted octanol–water partition coefficient (Wildman–Crippen LogP) is 4.04. The minimum atomic E-state index is -0.437. The van der Waals surface area contributed by atoms with Gasteiger partial charge in [0.2, 0.25) is 0 Å². The van der Waals surface area contributed by atoms with Crippen LogP contribution in [0.25, 0.3) is 10.8 Å². The minimum Gasteiger partial charge on any atom is -0.379 e. The van der Waals surface area contributed by atoms with E-state index in [1.165, 1.54) is 22.6 Å². The van der Waals surface area contributed by atoms with Crippen molar-refractivity contribution >= 4 is 17.1 Å². The number of ether oxygens (including phenoxy) is 1. The Morgan fingerprint density at radius 3 is 2.60 bits per heavy atom. The standard InChI is InChI=1S/C22H29NO2/c1-3-18(2)22(17-24,11-12-23-13-15-25-16-14-23)21-10-6-8-19-7-4-5-9-20(19)21/h4-10,17-18H,3,11-16H2,1-2H3. The highest BCUT2D eigenvalue weighted by Gasteiger charge is 2.38. The highest BCUT2D eigenvalue weighted by Crippen LogP contribution is 2.39. The molecule has 1 aliphatic rings. The lowest BCUT2D eigenvalue weighted by Gasteiger charge is -2.38. The van der Waals surface area contributed by atoms with Crippen molar-refractivity contribution in [3.63, 3.8) is 0 Å². The first-order chi connectivity index (χ1) is 12.2. The molecule has 1 aliphatic heterocycles. The summed E-state index contributed by atoms with van der Waals surface area (Å²) in [7, 11) is 0. The second kappa shape index (κ2) is 8.11. The SMILES string of the molecule is CCC(C)C(C=O)(CCN1CCOCC1)c1cccc2ccccc12. The van der Waals surface area contributed by atoms with Gasteiger partial charge in [-0.15, -0.1) is 0 Å². The largest absolute Gasteiger partial charge is 0.379 e. The topological polar surface area (TPSA) is 29.5 Å². The first kappa shape index (κ1) is 18.1. The molecule has 2 atom stereocenters. The van der Waals surface area contributed by atoms with Crippen molar-refractivity contribution in [3.05, 3.63) is 48.0 Å². The lowest BCUT2D eigenvalue weighted by molar-refractivity contribution is -0.114. The Morgan fingerprint density at radius 1 is 1.16 bits per heavy atom. The summed E-state index contributed by atoms with van der Waals surface area (Å²) in [6, 6.07) is 14.8. The number of benzene rings is 2. The Hall–Kier alpha value is -1.71. The summed E-state index contributed by atoms with van der Waals surface area (Å²) in [4.78, 5) is 14.9. The monoisotopic (exact) mass is 339 g/mol. The van der Waals surface area contributed by atoms with Crippen molar-refractivity contribution in [3.8, 4) is 0 Å². The van der Waals surface area contributed by atoms with Crippen molar-refractivity contribution in [2.75, 3.05) is 32.8 Å². The summed E-state index contributed by atoms with van der Waals surface area (Å²) in [5.74, 6) is 0.303. The highest BCUT2D eigenvalue weighted by molar-refractivity contribution is 5.90. The van der Waals surface area contributed by atoms with Gasteiger partial charge < -0.3 is 9.53 Å². The van der Waals surface area contributed by atoms with Crippen molar-refractivity contribution in [2.45, 2.75) is 32.1 Å². The van der Waals surface area contributed by atoms with E-state index in [2.05, 4.69) is 61.2 Å². The van der Waals surface area contributed by atoms with Crippen LogP contribution >= 0.6 is 0 Å². The number of morpholine rings is 1. The van der Waals surface area contributed by atoms with Gasteiger partial charge in [-0.1, -0.05) is 62.7 Å². The van der Waals surface area contributed by atoms with Gasteiger partial charge in [0, 0.05) is 13.1 Å². The third kappa shape index (κ3) is 3.63. The number of hydrogen-bond donors (Lipinski definition) is 0. The van der Waals surface area contributed by atoms with E-state index in [1.54, 1.807) is 0 Å². The van der Waals surface area contributed by atoms with Gasteiger partial charge in [0.05, 0.1) is 18.6 Å². The highest BCUT2D eigenvalue weighted by atomic mass is 16.5. The summed E-state index contributed by atoms with van der Waals surface area (Å²) in [6.07, 6.45) is 3.08. The van der Waals surface area contributed by atoms with Crippen LogP contribution < -0.4 is 0 Å². The molecule has 0 amide bonds. The molecular formula is C22H29NO2. The minimum absolute atomic E-state index is 0.303. The summed E-state index contributed by atoms with van der Waals surface area (Å²) >= 11 is 0. The molecule has 1 saturated heterocycles. The number of fused-ring (bicyclic) bond motifs is 1. The Morgan fingerprint density at radius 2 is 1.88 bits per heavy atom. The maximum absolute atomic E-state index is 12.5. The maximum atomic E-state index is 12.5. The summed E-state index contributed by atoms with van der Waals surface area (Å²) < 4.78 is 5.46. The number of nitrogens with zero attached hydrogens (tertiary/aromatic N) is 1. The van der Waals surface area contributed by atoms with Gasteiger partial charge in [0.1, 0.15) is 6.29 Å². The molecule has 0 aromatic heterocycles. The molecule has 3 nitrogen and oxygen atoms in total. The average Bonchev–Trinajstić information content (AvgIpc) is 2.69. The van der Waals surface area contributed by atoms with Crippen LogP contribution in [0.2, 0.25) is 0 Å². The molecule has 0 spiro atoms. The molecule has 3 rings (SSSR count). The number of carbonyl (C=O) groups excluding carboxylic acids is 1. The van der Waals surface area contributed by atoms with E-state index >= 15 is 0 Å². The molecule has 0 radical (unpaired) electrons. The van der Waals surface area contributed by atoms with Crippen molar-refractivity contribution in [1.82, 2.24) is 4.90 Å². The predicted molar refractivity (Wildman–Crippen MR) is 103 cm³/mol. The Balaban J connectivity index is 1.99. The molecule has 1 heterocycles. The van der Waals surface area contributed by atoms with Crippen LogP contribution in [0.4, 0.5) is 0 Å². The van der Waals surface area contributed by atoms with Gasteiger partial charge in [-0.05, 0) is 35.2 Å². The van der Waals surface area contributed by atoms with Gasteiger partial charge in [-0.2, -0.15) is 0 Å². The molecule has 3 heteroatoms. The summed E-state index contributed by atoms with van der Waals surface area (Å²) in [5, 5.41) is 2.42. The quantitative estimate of drug-likeness (QED) is 0.713. The van der Waals surface area contributed by atoms with Crippen LogP contribution in [0.5, 0.6) is 0 Å². The van der Waals surface area contributed by atoms with E-state index in [0.29, 0.717) is 5.92 Å². The molecule has 2 unspecified atom stereocenters. The van der Waals surface area contributed by atoms with Crippen LogP contribution in [0.3, 0.4) is 0 Å².